The molecule has 0 saturated carbocycles. The lowest BCUT2D eigenvalue weighted by atomic mass is 10.1. The van der Waals surface area contributed by atoms with Crippen molar-refractivity contribution in [3.05, 3.63) is 76.5 Å². The fourth-order valence-corrected chi connectivity index (χ4v) is 4.18. The topological polar surface area (TPSA) is 78.5 Å². The van der Waals surface area contributed by atoms with E-state index in [9.17, 15) is 14.4 Å². The molecular formula is C24H23N3O3S. The van der Waals surface area contributed by atoms with Crippen LogP contribution in [0.25, 0.3) is 0 Å². The van der Waals surface area contributed by atoms with Crippen molar-refractivity contribution in [2.45, 2.75) is 19.8 Å². The zero-order chi connectivity index (χ0) is 21.8. The molecule has 1 atom stereocenters. The Morgan fingerprint density at radius 1 is 1.03 bits per heavy atom. The number of hydrogen-bond acceptors (Lipinski definition) is 4. The van der Waals surface area contributed by atoms with Crippen molar-refractivity contribution in [3.8, 4) is 0 Å². The fourth-order valence-electron chi connectivity index (χ4n) is 3.56. The van der Waals surface area contributed by atoms with Crippen LogP contribution in [-0.2, 0) is 16.0 Å². The molecule has 158 valence electrons. The lowest BCUT2D eigenvalue weighted by Crippen LogP contribution is -2.28. The molecule has 3 amide bonds. The summed E-state index contributed by atoms with van der Waals surface area (Å²) in [6.07, 6.45) is 1.11. The van der Waals surface area contributed by atoms with Crippen molar-refractivity contribution >= 4 is 46.1 Å². The molecule has 1 aliphatic rings. The Kier molecular flexibility index (Phi) is 6.13. The van der Waals surface area contributed by atoms with Gasteiger partial charge in [-0.2, -0.15) is 0 Å². The van der Waals surface area contributed by atoms with E-state index in [2.05, 4.69) is 17.6 Å². The summed E-state index contributed by atoms with van der Waals surface area (Å²) in [7, 11) is 0. The summed E-state index contributed by atoms with van der Waals surface area (Å²) in [5.74, 6) is -0.878. The second-order valence-corrected chi connectivity index (χ2v) is 8.37. The highest BCUT2D eigenvalue weighted by molar-refractivity contribution is 7.12. The number of anilines is 3. The first-order valence-corrected chi connectivity index (χ1v) is 11.1. The number of aryl methyl sites for hydroxylation is 1. The van der Waals surface area contributed by atoms with Gasteiger partial charge in [0, 0.05) is 30.0 Å². The van der Waals surface area contributed by atoms with Gasteiger partial charge in [-0.1, -0.05) is 31.2 Å². The average Bonchev–Trinajstić information content (AvgIpc) is 3.44. The quantitative estimate of drug-likeness (QED) is 0.598. The molecule has 1 saturated heterocycles. The third-order valence-corrected chi connectivity index (χ3v) is 6.15. The number of carbonyl (C=O) groups is 3. The van der Waals surface area contributed by atoms with Crippen LogP contribution in [0.2, 0.25) is 0 Å². The van der Waals surface area contributed by atoms with E-state index in [4.69, 9.17) is 0 Å². The van der Waals surface area contributed by atoms with Gasteiger partial charge >= 0.3 is 0 Å². The summed E-state index contributed by atoms with van der Waals surface area (Å²) in [5, 5.41) is 7.55. The molecule has 1 aliphatic heterocycles. The largest absolute Gasteiger partial charge is 0.326 e. The summed E-state index contributed by atoms with van der Waals surface area (Å²) in [6.45, 7) is 2.43. The van der Waals surface area contributed by atoms with Gasteiger partial charge in [0.05, 0.1) is 10.8 Å². The van der Waals surface area contributed by atoms with Crippen LogP contribution in [0.1, 0.15) is 28.6 Å². The highest BCUT2D eigenvalue weighted by Crippen LogP contribution is 2.27. The minimum Gasteiger partial charge on any atom is -0.326 e. The molecule has 2 N–H and O–H groups in total. The van der Waals surface area contributed by atoms with Crippen LogP contribution in [0.4, 0.5) is 17.1 Å². The van der Waals surface area contributed by atoms with Gasteiger partial charge in [-0.3, -0.25) is 14.4 Å². The SMILES string of the molecule is CCc1ccc(N2CC(C(=O)Nc3cccc(NC(=O)c4cccs4)c3)CC2=O)cc1. The lowest BCUT2D eigenvalue weighted by molar-refractivity contribution is -0.122. The summed E-state index contributed by atoms with van der Waals surface area (Å²) in [6, 6.07) is 18.4. The third-order valence-electron chi connectivity index (χ3n) is 5.29. The first-order chi connectivity index (χ1) is 15.0. The molecule has 4 rings (SSSR count). The fraction of sp³-hybridized carbons (Fsp3) is 0.208. The van der Waals surface area contributed by atoms with Gasteiger partial charge in [-0.15, -0.1) is 11.3 Å². The third kappa shape index (κ3) is 4.83. The minimum absolute atomic E-state index is 0.0543. The van der Waals surface area contributed by atoms with Crippen LogP contribution in [0.15, 0.2) is 66.0 Å². The average molecular weight is 434 g/mol. The maximum absolute atomic E-state index is 12.8. The summed E-state index contributed by atoms with van der Waals surface area (Å²) >= 11 is 1.36. The summed E-state index contributed by atoms with van der Waals surface area (Å²) < 4.78 is 0. The zero-order valence-electron chi connectivity index (χ0n) is 17.1. The molecule has 31 heavy (non-hydrogen) atoms. The van der Waals surface area contributed by atoms with Crippen LogP contribution in [0.3, 0.4) is 0 Å². The molecule has 2 aromatic carbocycles. The van der Waals surface area contributed by atoms with E-state index in [1.807, 2.05) is 35.7 Å². The Morgan fingerprint density at radius 2 is 1.77 bits per heavy atom. The standard InChI is InChI=1S/C24H23N3O3S/c1-2-16-8-10-20(11-9-16)27-15-17(13-22(27)28)23(29)25-18-5-3-6-19(14-18)26-24(30)21-7-4-12-31-21/h3-12,14,17H,2,13,15H2,1H3,(H,25,29)(H,26,30). The number of thiophene rings is 1. The number of hydrogen-bond donors (Lipinski definition) is 2. The number of amides is 3. The highest BCUT2D eigenvalue weighted by atomic mass is 32.1. The van der Waals surface area contributed by atoms with Gasteiger partial charge in [-0.05, 0) is 53.8 Å². The van der Waals surface area contributed by atoms with Gasteiger partial charge < -0.3 is 15.5 Å². The van der Waals surface area contributed by atoms with E-state index < -0.39 is 5.92 Å². The van der Waals surface area contributed by atoms with Crippen molar-refractivity contribution in [3.63, 3.8) is 0 Å². The van der Waals surface area contributed by atoms with Crippen LogP contribution < -0.4 is 15.5 Å². The van der Waals surface area contributed by atoms with Gasteiger partial charge in [0.15, 0.2) is 0 Å². The Labute approximate surface area is 184 Å². The van der Waals surface area contributed by atoms with E-state index in [0.29, 0.717) is 22.8 Å². The van der Waals surface area contributed by atoms with E-state index in [1.165, 1.54) is 16.9 Å². The van der Waals surface area contributed by atoms with Crippen LogP contribution in [0, 0.1) is 5.92 Å². The van der Waals surface area contributed by atoms with Crippen molar-refractivity contribution in [1.82, 2.24) is 0 Å². The molecule has 3 aromatic rings. The van der Waals surface area contributed by atoms with Gasteiger partial charge in [0.2, 0.25) is 11.8 Å². The number of nitrogens with zero attached hydrogens (tertiary/aromatic N) is 1. The molecule has 0 bridgehead atoms. The Balaban J connectivity index is 1.39. The molecule has 6 nitrogen and oxygen atoms in total. The number of carbonyl (C=O) groups excluding carboxylic acids is 3. The summed E-state index contributed by atoms with van der Waals surface area (Å²) in [5.41, 5.74) is 3.19. The second kappa shape index (κ2) is 9.14. The van der Waals surface area contributed by atoms with E-state index >= 15 is 0 Å². The van der Waals surface area contributed by atoms with E-state index in [-0.39, 0.29) is 24.1 Å². The molecule has 0 aliphatic carbocycles. The minimum atomic E-state index is -0.428. The first kappa shape index (κ1) is 20.8. The molecule has 0 spiro atoms. The zero-order valence-corrected chi connectivity index (χ0v) is 17.9. The normalized spacial score (nSPS) is 15.7. The lowest BCUT2D eigenvalue weighted by Gasteiger charge is -2.17. The Bertz CT molecular complexity index is 1090. The van der Waals surface area contributed by atoms with Crippen molar-refractivity contribution in [2.75, 3.05) is 22.1 Å². The predicted octanol–water partition coefficient (Wildman–Crippen LogP) is 4.55. The molecule has 1 unspecified atom stereocenters. The van der Waals surface area contributed by atoms with Crippen LogP contribution in [-0.4, -0.2) is 24.3 Å². The first-order valence-electron chi connectivity index (χ1n) is 10.2. The second-order valence-electron chi connectivity index (χ2n) is 7.43. The Morgan fingerprint density at radius 3 is 2.45 bits per heavy atom. The molecular weight excluding hydrogens is 410 g/mol. The molecule has 0 radical (unpaired) electrons. The van der Waals surface area contributed by atoms with Gasteiger partial charge in [-0.25, -0.2) is 0 Å². The van der Waals surface area contributed by atoms with Crippen molar-refractivity contribution < 1.29 is 14.4 Å². The number of rotatable bonds is 6. The number of nitrogens with one attached hydrogen (secondary N) is 2. The van der Waals surface area contributed by atoms with Gasteiger partial charge in [0.1, 0.15) is 0 Å². The highest BCUT2D eigenvalue weighted by Gasteiger charge is 2.35. The van der Waals surface area contributed by atoms with E-state index in [1.54, 1.807) is 35.2 Å². The van der Waals surface area contributed by atoms with Crippen molar-refractivity contribution in [1.29, 1.82) is 0 Å². The van der Waals surface area contributed by atoms with Crippen LogP contribution >= 0.6 is 11.3 Å². The predicted molar refractivity (Wildman–Crippen MR) is 124 cm³/mol. The van der Waals surface area contributed by atoms with Crippen molar-refractivity contribution in [2.24, 2.45) is 5.92 Å². The molecule has 1 aromatic heterocycles. The summed E-state index contributed by atoms with van der Waals surface area (Å²) in [4.78, 5) is 39.8. The van der Waals surface area contributed by atoms with Crippen LogP contribution in [0.5, 0.6) is 0 Å². The Hall–Kier alpha value is -3.45. The molecule has 7 heteroatoms. The van der Waals surface area contributed by atoms with E-state index in [0.717, 1.165) is 12.1 Å². The maximum Gasteiger partial charge on any atom is 0.265 e. The van der Waals surface area contributed by atoms with Gasteiger partial charge in [0.25, 0.3) is 5.91 Å². The molecule has 2 heterocycles. The molecule has 1 fully saturated rings. The number of benzene rings is 2. The monoisotopic (exact) mass is 433 g/mol. The maximum atomic E-state index is 12.8. The smallest absolute Gasteiger partial charge is 0.265 e.